The Morgan fingerprint density at radius 3 is 2.12 bits per heavy atom. The zero-order valence-corrected chi connectivity index (χ0v) is 12.8. The van der Waals surface area contributed by atoms with Crippen LogP contribution in [0, 0.1) is 0 Å². The second-order valence-corrected chi connectivity index (χ2v) is 4.98. The molecule has 0 aliphatic rings. The summed E-state index contributed by atoms with van der Waals surface area (Å²) < 4.78 is 19.1. The number of carbonyl (C=O) groups excluding carboxylic acids is 2. The van der Waals surface area contributed by atoms with Crippen LogP contribution in [0.15, 0.2) is 0 Å². The van der Waals surface area contributed by atoms with Crippen molar-refractivity contribution in [2.24, 2.45) is 0 Å². The Labute approximate surface area is 116 Å². The van der Waals surface area contributed by atoms with Crippen molar-refractivity contribution in [3.8, 4) is 0 Å². The van der Waals surface area contributed by atoms with Gasteiger partial charge in [-0.1, -0.05) is 31.9 Å². The second-order valence-electron chi connectivity index (χ2n) is 2.89. The molecular weight excluding hydrogens is 364 g/mol. The summed E-state index contributed by atoms with van der Waals surface area (Å²) in [6.45, 7) is 0.153. The minimum atomic E-state index is -1.06. The highest BCUT2D eigenvalue weighted by Crippen LogP contribution is 2.15. The standard InChI is InChI=1S/C9H14Br2O6/c1-14-4-5(10)7(12)17-9(16-3)6(11)8(13)15-2/h5-6,9H,4H2,1-3H3. The number of halogens is 2. The number of esters is 2. The SMILES string of the molecule is COCC(Br)C(=O)OC(OC)C(Br)C(=O)OC. The van der Waals surface area contributed by atoms with Gasteiger partial charge in [-0.15, -0.1) is 0 Å². The zero-order chi connectivity index (χ0) is 13.4. The summed E-state index contributed by atoms with van der Waals surface area (Å²) in [5.74, 6) is -1.19. The van der Waals surface area contributed by atoms with Crippen LogP contribution in [0.3, 0.4) is 0 Å². The number of alkyl halides is 2. The lowest BCUT2D eigenvalue weighted by Gasteiger charge is -2.20. The van der Waals surface area contributed by atoms with Crippen LogP contribution in [0.25, 0.3) is 0 Å². The third-order valence-electron chi connectivity index (χ3n) is 1.70. The van der Waals surface area contributed by atoms with Crippen LogP contribution in [-0.2, 0) is 28.5 Å². The first-order valence-electron chi connectivity index (χ1n) is 4.56. The lowest BCUT2D eigenvalue weighted by molar-refractivity contribution is -0.177. The van der Waals surface area contributed by atoms with Crippen molar-refractivity contribution in [3.05, 3.63) is 0 Å². The molecule has 0 heterocycles. The maximum Gasteiger partial charge on any atom is 0.325 e. The molecule has 6 nitrogen and oxygen atoms in total. The molecule has 0 bridgehead atoms. The molecule has 0 rings (SSSR count). The predicted octanol–water partition coefficient (Wildman–Crippen LogP) is 0.849. The Hall–Kier alpha value is -0.180. The van der Waals surface area contributed by atoms with Crippen molar-refractivity contribution >= 4 is 43.8 Å². The van der Waals surface area contributed by atoms with E-state index in [9.17, 15) is 9.59 Å². The van der Waals surface area contributed by atoms with Crippen molar-refractivity contribution in [1.82, 2.24) is 0 Å². The number of carbonyl (C=O) groups is 2. The molecule has 0 spiro atoms. The van der Waals surface area contributed by atoms with Gasteiger partial charge in [0.2, 0.25) is 6.29 Å². The summed E-state index contributed by atoms with van der Waals surface area (Å²) in [4.78, 5) is 21.2. The molecule has 0 N–H and O–H groups in total. The van der Waals surface area contributed by atoms with E-state index in [0.29, 0.717) is 0 Å². The van der Waals surface area contributed by atoms with E-state index in [1.165, 1.54) is 21.3 Å². The van der Waals surface area contributed by atoms with E-state index in [4.69, 9.17) is 14.2 Å². The van der Waals surface area contributed by atoms with Gasteiger partial charge in [0.15, 0.2) is 4.83 Å². The largest absolute Gasteiger partial charge is 0.468 e. The van der Waals surface area contributed by atoms with Crippen molar-refractivity contribution < 1.29 is 28.5 Å². The highest BCUT2D eigenvalue weighted by molar-refractivity contribution is 9.10. The Balaban J connectivity index is 4.39. The number of rotatable bonds is 7. The Morgan fingerprint density at radius 2 is 1.71 bits per heavy atom. The van der Waals surface area contributed by atoms with E-state index >= 15 is 0 Å². The zero-order valence-electron chi connectivity index (χ0n) is 9.64. The Kier molecular flexibility index (Phi) is 8.75. The molecule has 0 amide bonds. The van der Waals surface area contributed by atoms with E-state index in [2.05, 4.69) is 36.6 Å². The minimum Gasteiger partial charge on any atom is -0.468 e. The summed E-state index contributed by atoms with van der Waals surface area (Å²) in [7, 11) is 4.00. The first-order chi connectivity index (χ1) is 7.97. The summed E-state index contributed by atoms with van der Waals surface area (Å²) in [6, 6.07) is 0. The highest BCUT2D eigenvalue weighted by atomic mass is 79.9. The van der Waals surface area contributed by atoms with E-state index in [1.54, 1.807) is 0 Å². The van der Waals surface area contributed by atoms with Crippen LogP contribution in [0.1, 0.15) is 0 Å². The lowest BCUT2D eigenvalue weighted by Crippen LogP contribution is -2.37. The molecule has 0 aliphatic carbocycles. The number of hydrogen-bond donors (Lipinski definition) is 0. The van der Waals surface area contributed by atoms with Gasteiger partial charge in [0.25, 0.3) is 0 Å². The van der Waals surface area contributed by atoms with Crippen LogP contribution < -0.4 is 0 Å². The molecule has 0 aromatic heterocycles. The van der Waals surface area contributed by atoms with Gasteiger partial charge in [-0.2, -0.15) is 0 Å². The molecule has 3 unspecified atom stereocenters. The molecule has 0 aromatic carbocycles. The third-order valence-corrected chi connectivity index (χ3v) is 3.14. The van der Waals surface area contributed by atoms with Gasteiger partial charge in [-0.05, 0) is 0 Å². The summed E-state index contributed by atoms with van der Waals surface area (Å²) >= 11 is 6.10. The van der Waals surface area contributed by atoms with Crippen molar-refractivity contribution in [2.75, 3.05) is 27.9 Å². The van der Waals surface area contributed by atoms with Gasteiger partial charge in [-0.25, -0.2) is 0 Å². The molecule has 0 saturated heterocycles. The smallest absolute Gasteiger partial charge is 0.325 e. The van der Waals surface area contributed by atoms with Gasteiger partial charge < -0.3 is 18.9 Å². The normalized spacial score (nSPS) is 15.8. The average molecular weight is 378 g/mol. The molecule has 0 fully saturated rings. The highest BCUT2D eigenvalue weighted by Gasteiger charge is 2.31. The van der Waals surface area contributed by atoms with E-state index in [-0.39, 0.29) is 6.61 Å². The van der Waals surface area contributed by atoms with Gasteiger partial charge in [0.05, 0.1) is 13.7 Å². The van der Waals surface area contributed by atoms with E-state index in [1.807, 2.05) is 0 Å². The molecule has 0 radical (unpaired) electrons. The first kappa shape index (κ1) is 16.8. The maximum atomic E-state index is 11.5. The van der Waals surface area contributed by atoms with Crippen LogP contribution in [0.2, 0.25) is 0 Å². The van der Waals surface area contributed by atoms with Gasteiger partial charge >= 0.3 is 11.9 Å². The van der Waals surface area contributed by atoms with Gasteiger partial charge in [0.1, 0.15) is 4.83 Å². The molecule has 0 aliphatic heterocycles. The summed E-state index contributed by atoms with van der Waals surface area (Å²) in [5.41, 5.74) is 0. The second kappa shape index (κ2) is 8.84. The predicted molar refractivity (Wildman–Crippen MR) is 66.2 cm³/mol. The van der Waals surface area contributed by atoms with Crippen molar-refractivity contribution in [2.45, 2.75) is 15.9 Å². The fourth-order valence-corrected chi connectivity index (χ4v) is 1.74. The molecule has 0 saturated carbocycles. The lowest BCUT2D eigenvalue weighted by atomic mass is 10.4. The fraction of sp³-hybridized carbons (Fsp3) is 0.778. The van der Waals surface area contributed by atoms with Gasteiger partial charge in [0, 0.05) is 14.2 Å². The van der Waals surface area contributed by atoms with Gasteiger partial charge in [-0.3, -0.25) is 9.59 Å². The monoisotopic (exact) mass is 376 g/mol. The van der Waals surface area contributed by atoms with Crippen LogP contribution >= 0.6 is 31.9 Å². The fourth-order valence-electron chi connectivity index (χ4n) is 0.854. The van der Waals surface area contributed by atoms with Crippen LogP contribution in [0.5, 0.6) is 0 Å². The first-order valence-corrected chi connectivity index (χ1v) is 6.39. The Morgan fingerprint density at radius 1 is 1.12 bits per heavy atom. The maximum absolute atomic E-state index is 11.5. The average Bonchev–Trinajstić information content (AvgIpc) is 2.33. The minimum absolute atomic E-state index is 0.153. The number of ether oxygens (including phenoxy) is 4. The molecular formula is C9H14Br2O6. The summed E-state index contributed by atoms with van der Waals surface area (Å²) in [6.07, 6.45) is -1.06. The molecule has 0 aromatic rings. The van der Waals surface area contributed by atoms with E-state index in [0.717, 1.165) is 0 Å². The van der Waals surface area contributed by atoms with Crippen molar-refractivity contribution in [1.29, 1.82) is 0 Å². The van der Waals surface area contributed by atoms with Crippen LogP contribution in [-0.4, -0.2) is 55.8 Å². The number of hydrogen-bond acceptors (Lipinski definition) is 6. The quantitative estimate of drug-likeness (QED) is 0.372. The number of methoxy groups -OCH3 is 3. The van der Waals surface area contributed by atoms with Crippen LogP contribution in [0.4, 0.5) is 0 Å². The molecule has 8 heteroatoms. The van der Waals surface area contributed by atoms with Crippen molar-refractivity contribution in [3.63, 3.8) is 0 Å². The summed E-state index contributed by atoms with van der Waals surface area (Å²) in [5, 5.41) is 0. The van der Waals surface area contributed by atoms with E-state index < -0.39 is 27.9 Å². The third kappa shape index (κ3) is 5.80. The topological polar surface area (TPSA) is 71.1 Å². The molecule has 3 atom stereocenters. The molecule has 100 valence electrons. The molecule has 17 heavy (non-hydrogen) atoms. The Bertz CT molecular complexity index is 260.